The molecule has 1 aliphatic rings. The molecule has 1 aromatic carbocycles. The molecular formula is C11H14ClN3. The SMILES string of the molecule is N/N=C\c1cc(Cl)cc2c1CCNCC2. The second-order valence-corrected chi connectivity index (χ2v) is 4.10. The Kier molecular flexibility index (Phi) is 3.23. The number of rotatable bonds is 1. The maximum absolute atomic E-state index is 6.05. The van der Waals surface area contributed by atoms with Crippen LogP contribution in [-0.4, -0.2) is 19.3 Å². The molecule has 0 aliphatic carbocycles. The van der Waals surface area contributed by atoms with E-state index < -0.39 is 0 Å². The lowest BCUT2D eigenvalue weighted by molar-refractivity contribution is 0.711. The highest BCUT2D eigenvalue weighted by Gasteiger charge is 2.11. The first kappa shape index (κ1) is 10.5. The van der Waals surface area contributed by atoms with Gasteiger partial charge in [0.05, 0.1) is 6.21 Å². The van der Waals surface area contributed by atoms with Crippen molar-refractivity contribution < 1.29 is 0 Å². The molecule has 15 heavy (non-hydrogen) atoms. The monoisotopic (exact) mass is 223 g/mol. The molecule has 3 nitrogen and oxygen atoms in total. The van der Waals surface area contributed by atoms with E-state index in [0.717, 1.165) is 36.5 Å². The van der Waals surface area contributed by atoms with Gasteiger partial charge in [0.2, 0.25) is 0 Å². The molecule has 0 spiro atoms. The van der Waals surface area contributed by atoms with Gasteiger partial charge in [-0.25, -0.2) is 0 Å². The highest BCUT2D eigenvalue weighted by atomic mass is 35.5. The van der Waals surface area contributed by atoms with Crippen LogP contribution in [0.4, 0.5) is 0 Å². The van der Waals surface area contributed by atoms with Crippen molar-refractivity contribution in [2.24, 2.45) is 10.9 Å². The van der Waals surface area contributed by atoms with Crippen LogP contribution in [0.15, 0.2) is 17.2 Å². The Balaban J connectivity index is 2.49. The molecular weight excluding hydrogens is 210 g/mol. The summed E-state index contributed by atoms with van der Waals surface area (Å²) < 4.78 is 0. The molecule has 2 rings (SSSR count). The van der Waals surface area contributed by atoms with Crippen LogP contribution >= 0.6 is 11.6 Å². The smallest absolute Gasteiger partial charge is 0.0541 e. The van der Waals surface area contributed by atoms with Gasteiger partial charge in [-0.3, -0.25) is 0 Å². The van der Waals surface area contributed by atoms with Gasteiger partial charge in [-0.15, -0.1) is 0 Å². The summed E-state index contributed by atoms with van der Waals surface area (Å²) in [5.74, 6) is 5.19. The number of hydrogen-bond donors (Lipinski definition) is 2. The zero-order valence-electron chi connectivity index (χ0n) is 8.46. The predicted octanol–water partition coefficient (Wildman–Crippen LogP) is 1.32. The van der Waals surface area contributed by atoms with E-state index in [1.807, 2.05) is 12.1 Å². The minimum absolute atomic E-state index is 0.755. The van der Waals surface area contributed by atoms with Crippen LogP contribution in [0.1, 0.15) is 16.7 Å². The number of benzene rings is 1. The maximum atomic E-state index is 6.05. The van der Waals surface area contributed by atoms with E-state index in [1.165, 1.54) is 11.1 Å². The zero-order chi connectivity index (χ0) is 10.7. The fourth-order valence-electron chi connectivity index (χ4n) is 2.00. The number of halogens is 1. The lowest BCUT2D eigenvalue weighted by Crippen LogP contribution is -2.16. The number of nitrogens with one attached hydrogen (secondary N) is 1. The summed E-state index contributed by atoms with van der Waals surface area (Å²) in [5, 5.41) is 7.70. The summed E-state index contributed by atoms with van der Waals surface area (Å²) in [6, 6.07) is 3.96. The van der Waals surface area contributed by atoms with E-state index >= 15 is 0 Å². The molecule has 1 aliphatic heterocycles. The van der Waals surface area contributed by atoms with Gasteiger partial charge in [0.15, 0.2) is 0 Å². The average Bonchev–Trinajstić information content (AvgIpc) is 2.43. The summed E-state index contributed by atoms with van der Waals surface area (Å²) in [4.78, 5) is 0. The molecule has 80 valence electrons. The summed E-state index contributed by atoms with van der Waals surface area (Å²) >= 11 is 6.05. The Bertz CT molecular complexity index is 388. The van der Waals surface area contributed by atoms with Crippen molar-refractivity contribution >= 4 is 17.8 Å². The van der Waals surface area contributed by atoms with Crippen molar-refractivity contribution in [3.63, 3.8) is 0 Å². The van der Waals surface area contributed by atoms with Crippen molar-refractivity contribution in [3.05, 3.63) is 33.8 Å². The van der Waals surface area contributed by atoms with Crippen molar-refractivity contribution in [3.8, 4) is 0 Å². The minimum Gasteiger partial charge on any atom is -0.323 e. The Morgan fingerprint density at radius 3 is 2.93 bits per heavy atom. The largest absolute Gasteiger partial charge is 0.323 e. The first-order valence-corrected chi connectivity index (χ1v) is 5.44. The van der Waals surface area contributed by atoms with E-state index in [9.17, 15) is 0 Å². The third-order valence-electron chi connectivity index (χ3n) is 2.68. The molecule has 0 saturated carbocycles. The highest BCUT2D eigenvalue weighted by Crippen LogP contribution is 2.22. The second-order valence-electron chi connectivity index (χ2n) is 3.66. The Labute approximate surface area is 94.3 Å². The molecule has 0 unspecified atom stereocenters. The standard InChI is InChI=1S/C11H14ClN3/c12-10-5-8-1-3-14-4-2-11(8)9(6-10)7-15-13/h5-7,14H,1-4,13H2/b15-7-. The summed E-state index contributed by atoms with van der Waals surface area (Å²) in [6.45, 7) is 2.01. The van der Waals surface area contributed by atoms with Gasteiger partial charge >= 0.3 is 0 Å². The average molecular weight is 224 g/mol. The molecule has 0 radical (unpaired) electrons. The number of hydrazone groups is 1. The van der Waals surface area contributed by atoms with Gasteiger partial charge < -0.3 is 11.2 Å². The lowest BCUT2D eigenvalue weighted by atomic mass is 9.98. The molecule has 4 heteroatoms. The van der Waals surface area contributed by atoms with Crippen molar-refractivity contribution in [2.75, 3.05) is 13.1 Å². The first-order chi connectivity index (χ1) is 7.31. The van der Waals surface area contributed by atoms with Crippen LogP contribution < -0.4 is 11.2 Å². The first-order valence-electron chi connectivity index (χ1n) is 5.06. The normalized spacial score (nSPS) is 16.3. The van der Waals surface area contributed by atoms with Crippen LogP contribution in [0.2, 0.25) is 5.02 Å². The molecule has 0 amide bonds. The fourth-order valence-corrected chi connectivity index (χ4v) is 2.25. The molecule has 0 atom stereocenters. The summed E-state index contributed by atoms with van der Waals surface area (Å²) in [5.41, 5.74) is 3.67. The van der Waals surface area contributed by atoms with Crippen molar-refractivity contribution in [2.45, 2.75) is 12.8 Å². The van der Waals surface area contributed by atoms with Crippen LogP contribution in [0.25, 0.3) is 0 Å². The van der Waals surface area contributed by atoms with E-state index in [0.29, 0.717) is 0 Å². The molecule has 3 N–H and O–H groups in total. The molecule has 0 bridgehead atoms. The fraction of sp³-hybridized carbons (Fsp3) is 0.364. The number of nitrogens with two attached hydrogens (primary N) is 1. The summed E-state index contributed by atoms with van der Waals surface area (Å²) in [6.07, 6.45) is 3.70. The maximum Gasteiger partial charge on any atom is 0.0541 e. The Morgan fingerprint density at radius 1 is 1.33 bits per heavy atom. The zero-order valence-corrected chi connectivity index (χ0v) is 9.22. The molecule has 0 aromatic heterocycles. The van der Waals surface area contributed by atoms with Gasteiger partial charge in [-0.2, -0.15) is 5.10 Å². The van der Waals surface area contributed by atoms with E-state index in [4.69, 9.17) is 17.4 Å². The third-order valence-corrected chi connectivity index (χ3v) is 2.90. The molecule has 1 heterocycles. The van der Waals surface area contributed by atoms with E-state index in [2.05, 4.69) is 10.4 Å². The van der Waals surface area contributed by atoms with Gasteiger partial charge in [-0.05, 0) is 54.8 Å². The van der Waals surface area contributed by atoms with Crippen LogP contribution in [0.3, 0.4) is 0 Å². The van der Waals surface area contributed by atoms with Gasteiger partial charge in [-0.1, -0.05) is 11.6 Å². The Hall–Kier alpha value is -1.06. The predicted molar refractivity (Wildman–Crippen MR) is 63.5 cm³/mol. The van der Waals surface area contributed by atoms with Gasteiger partial charge in [0, 0.05) is 5.02 Å². The minimum atomic E-state index is 0.755. The van der Waals surface area contributed by atoms with Crippen LogP contribution in [-0.2, 0) is 12.8 Å². The molecule has 0 fully saturated rings. The topological polar surface area (TPSA) is 50.4 Å². The number of hydrogen-bond acceptors (Lipinski definition) is 3. The summed E-state index contributed by atoms with van der Waals surface area (Å²) in [7, 11) is 0. The van der Waals surface area contributed by atoms with Crippen molar-refractivity contribution in [1.29, 1.82) is 0 Å². The molecule has 1 aromatic rings. The van der Waals surface area contributed by atoms with E-state index in [-0.39, 0.29) is 0 Å². The third kappa shape index (κ3) is 2.30. The van der Waals surface area contributed by atoms with Crippen molar-refractivity contribution in [1.82, 2.24) is 5.32 Å². The molecule has 0 saturated heterocycles. The van der Waals surface area contributed by atoms with Crippen LogP contribution in [0.5, 0.6) is 0 Å². The van der Waals surface area contributed by atoms with E-state index in [1.54, 1.807) is 6.21 Å². The van der Waals surface area contributed by atoms with Crippen LogP contribution in [0, 0.1) is 0 Å². The van der Waals surface area contributed by atoms with Gasteiger partial charge in [0.1, 0.15) is 0 Å². The van der Waals surface area contributed by atoms with Gasteiger partial charge in [0.25, 0.3) is 0 Å². The second kappa shape index (κ2) is 4.64. The lowest BCUT2D eigenvalue weighted by Gasteiger charge is -2.09. The number of fused-ring (bicyclic) bond motifs is 1. The Morgan fingerprint density at radius 2 is 2.13 bits per heavy atom. The highest BCUT2D eigenvalue weighted by molar-refractivity contribution is 6.31. The number of nitrogens with zero attached hydrogens (tertiary/aromatic N) is 1. The quantitative estimate of drug-likeness (QED) is 0.429.